The van der Waals surface area contributed by atoms with Crippen LogP contribution >= 0.6 is 0 Å². The van der Waals surface area contributed by atoms with Crippen LogP contribution in [-0.2, 0) is 11.3 Å². The Bertz CT molecular complexity index is 753. The number of hydrogen-bond donors (Lipinski definition) is 1. The number of benzene rings is 2. The van der Waals surface area contributed by atoms with Crippen LogP contribution in [0.15, 0.2) is 48.5 Å². The first-order chi connectivity index (χ1) is 13.6. The second kappa shape index (κ2) is 10.2. The van der Waals surface area contributed by atoms with Crippen molar-refractivity contribution in [1.29, 1.82) is 0 Å². The molecule has 1 fully saturated rings. The fourth-order valence-electron chi connectivity index (χ4n) is 3.21. The van der Waals surface area contributed by atoms with Gasteiger partial charge in [-0.25, -0.2) is 0 Å². The molecule has 150 valence electrons. The second-order valence-electron chi connectivity index (χ2n) is 7.42. The van der Waals surface area contributed by atoms with Crippen molar-refractivity contribution in [2.45, 2.75) is 26.3 Å². The van der Waals surface area contributed by atoms with Crippen molar-refractivity contribution < 1.29 is 14.3 Å². The number of morpholine rings is 1. The van der Waals surface area contributed by atoms with E-state index in [2.05, 4.69) is 42.3 Å². The minimum atomic E-state index is -0.0671. The van der Waals surface area contributed by atoms with E-state index >= 15 is 0 Å². The van der Waals surface area contributed by atoms with Gasteiger partial charge in [0.05, 0.1) is 19.8 Å². The third-order valence-electron chi connectivity index (χ3n) is 4.90. The summed E-state index contributed by atoms with van der Waals surface area (Å²) in [6.07, 6.45) is 0. The van der Waals surface area contributed by atoms with Gasteiger partial charge in [-0.1, -0.05) is 38.1 Å². The van der Waals surface area contributed by atoms with Crippen molar-refractivity contribution in [3.8, 4) is 5.75 Å². The largest absolute Gasteiger partial charge is 0.492 e. The van der Waals surface area contributed by atoms with Crippen LogP contribution < -0.4 is 10.1 Å². The Morgan fingerprint density at radius 2 is 1.89 bits per heavy atom. The summed E-state index contributed by atoms with van der Waals surface area (Å²) in [5.41, 5.74) is 3.13. The first kappa shape index (κ1) is 20.4. The zero-order valence-corrected chi connectivity index (χ0v) is 16.8. The Morgan fingerprint density at radius 3 is 2.61 bits per heavy atom. The third kappa shape index (κ3) is 6.08. The van der Waals surface area contributed by atoms with Gasteiger partial charge in [0.15, 0.2) is 0 Å². The molecule has 3 rings (SSSR count). The van der Waals surface area contributed by atoms with Gasteiger partial charge in [0.25, 0.3) is 5.91 Å². The van der Waals surface area contributed by atoms with Gasteiger partial charge in [0, 0.05) is 25.2 Å². The molecule has 28 heavy (non-hydrogen) atoms. The molecule has 5 heteroatoms. The van der Waals surface area contributed by atoms with E-state index in [1.165, 1.54) is 5.56 Å². The van der Waals surface area contributed by atoms with E-state index < -0.39 is 0 Å². The van der Waals surface area contributed by atoms with Gasteiger partial charge in [0.2, 0.25) is 0 Å². The smallest absolute Gasteiger partial charge is 0.251 e. The predicted molar refractivity (Wildman–Crippen MR) is 111 cm³/mol. The lowest BCUT2D eigenvalue weighted by molar-refractivity contribution is 0.0342. The number of amides is 1. The average molecular weight is 383 g/mol. The minimum absolute atomic E-state index is 0.0671. The van der Waals surface area contributed by atoms with Crippen molar-refractivity contribution in [3.63, 3.8) is 0 Å². The SMILES string of the molecule is CC(C)c1ccc(OCCNC(=O)c2cccc(CN3CCOCC3)c2)cc1. The fraction of sp³-hybridized carbons (Fsp3) is 0.435. The Kier molecular flexibility index (Phi) is 7.46. The Balaban J connectivity index is 1.43. The molecule has 2 aromatic carbocycles. The minimum Gasteiger partial charge on any atom is -0.492 e. The predicted octanol–water partition coefficient (Wildman–Crippen LogP) is 3.45. The highest BCUT2D eigenvalue weighted by atomic mass is 16.5. The number of carbonyl (C=O) groups excluding carboxylic acids is 1. The molecule has 1 heterocycles. The van der Waals surface area contributed by atoms with Gasteiger partial charge in [-0.15, -0.1) is 0 Å². The summed E-state index contributed by atoms with van der Waals surface area (Å²) in [5.74, 6) is 1.26. The van der Waals surface area contributed by atoms with Gasteiger partial charge < -0.3 is 14.8 Å². The molecular weight excluding hydrogens is 352 g/mol. The van der Waals surface area contributed by atoms with Crippen molar-refractivity contribution in [2.24, 2.45) is 0 Å². The molecule has 2 aromatic rings. The van der Waals surface area contributed by atoms with Crippen molar-refractivity contribution in [1.82, 2.24) is 10.2 Å². The second-order valence-corrected chi connectivity index (χ2v) is 7.42. The number of carbonyl (C=O) groups is 1. The lowest BCUT2D eigenvalue weighted by Gasteiger charge is -2.26. The van der Waals surface area contributed by atoms with Crippen LogP contribution in [0.25, 0.3) is 0 Å². The fourth-order valence-corrected chi connectivity index (χ4v) is 3.21. The quantitative estimate of drug-likeness (QED) is 0.711. The van der Waals surface area contributed by atoms with Crippen molar-refractivity contribution >= 4 is 5.91 Å². The van der Waals surface area contributed by atoms with E-state index in [-0.39, 0.29) is 5.91 Å². The summed E-state index contributed by atoms with van der Waals surface area (Å²) in [5, 5.41) is 2.93. The number of nitrogens with one attached hydrogen (secondary N) is 1. The zero-order chi connectivity index (χ0) is 19.8. The van der Waals surface area contributed by atoms with E-state index in [1.807, 2.05) is 30.3 Å². The maximum Gasteiger partial charge on any atom is 0.251 e. The maximum atomic E-state index is 12.4. The molecule has 5 nitrogen and oxygen atoms in total. The lowest BCUT2D eigenvalue weighted by Crippen LogP contribution is -2.35. The maximum absolute atomic E-state index is 12.4. The molecule has 1 saturated heterocycles. The topological polar surface area (TPSA) is 50.8 Å². The highest BCUT2D eigenvalue weighted by Crippen LogP contribution is 2.18. The Morgan fingerprint density at radius 1 is 1.14 bits per heavy atom. The van der Waals surface area contributed by atoms with Crippen LogP contribution in [0.5, 0.6) is 5.75 Å². The highest BCUT2D eigenvalue weighted by Gasteiger charge is 2.12. The lowest BCUT2D eigenvalue weighted by atomic mass is 10.0. The molecule has 0 bridgehead atoms. The highest BCUT2D eigenvalue weighted by molar-refractivity contribution is 5.94. The summed E-state index contributed by atoms with van der Waals surface area (Å²) in [4.78, 5) is 14.8. The molecule has 0 aromatic heterocycles. The summed E-state index contributed by atoms with van der Waals surface area (Å²) >= 11 is 0. The molecule has 1 aliphatic heterocycles. The molecule has 1 aliphatic rings. The van der Waals surface area contributed by atoms with Crippen LogP contribution in [0, 0.1) is 0 Å². The normalized spacial score (nSPS) is 14.8. The number of nitrogens with zero attached hydrogens (tertiary/aromatic N) is 1. The van der Waals surface area contributed by atoms with Crippen molar-refractivity contribution in [2.75, 3.05) is 39.5 Å². The molecule has 0 spiro atoms. The van der Waals surface area contributed by atoms with Gasteiger partial charge in [-0.3, -0.25) is 9.69 Å². The van der Waals surface area contributed by atoms with E-state index in [4.69, 9.17) is 9.47 Å². The number of hydrogen-bond acceptors (Lipinski definition) is 4. The van der Waals surface area contributed by atoms with Gasteiger partial charge in [-0.05, 0) is 41.3 Å². The number of ether oxygens (including phenoxy) is 2. The van der Waals surface area contributed by atoms with Crippen LogP contribution in [-0.4, -0.2) is 50.3 Å². The molecule has 1 amide bonds. The monoisotopic (exact) mass is 382 g/mol. The molecule has 1 N–H and O–H groups in total. The van der Waals surface area contributed by atoms with E-state index in [1.54, 1.807) is 0 Å². The summed E-state index contributed by atoms with van der Waals surface area (Å²) in [6, 6.07) is 15.9. The van der Waals surface area contributed by atoms with Crippen molar-refractivity contribution in [3.05, 3.63) is 65.2 Å². The van der Waals surface area contributed by atoms with E-state index in [9.17, 15) is 4.79 Å². The molecule has 0 aliphatic carbocycles. The Labute approximate surface area is 167 Å². The third-order valence-corrected chi connectivity index (χ3v) is 4.90. The summed E-state index contributed by atoms with van der Waals surface area (Å²) < 4.78 is 11.1. The first-order valence-electron chi connectivity index (χ1n) is 10.0. The average Bonchev–Trinajstić information content (AvgIpc) is 2.72. The molecule has 0 radical (unpaired) electrons. The number of rotatable bonds is 8. The molecule has 0 atom stereocenters. The van der Waals surface area contributed by atoms with Gasteiger partial charge >= 0.3 is 0 Å². The van der Waals surface area contributed by atoms with Crippen LogP contribution in [0.2, 0.25) is 0 Å². The van der Waals surface area contributed by atoms with Gasteiger partial charge in [0.1, 0.15) is 12.4 Å². The Hall–Kier alpha value is -2.37. The standard InChI is InChI=1S/C23H30N2O3/c1-18(2)20-6-8-22(9-7-20)28-13-10-24-23(26)21-5-3-4-19(16-21)17-25-11-14-27-15-12-25/h3-9,16,18H,10-15,17H2,1-2H3,(H,24,26). The van der Waals surface area contributed by atoms with Crippen LogP contribution in [0.1, 0.15) is 41.3 Å². The van der Waals surface area contributed by atoms with Gasteiger partial charge in [-0.2, -0.15) is 0 Å². The van der Waals surface area contributed by atoms with Crippen LogP contribution in [0.3, 0.4) is 0 Å². The molecule has 0 unspecified atom stereocenters. The zero-order valence-electron chi connectivity index (χ0n) is 16.8. The molecule has 0 saturated carbocycles. The summed E-state index contributed by atoms with van der Waals surface area (Å²) in [6.45, 7) is 9.53. The van der Waals surface area contributed by atoms with E-state index in [0.717, 1.165) is 44.2 Å². The van der Waals surface area contributed by atoms with E-state index in [0.29, 0.717) is 24.6 Å². The summed E-state index contributed by atoms with van der Waals surface area (Å²) in [7, 11) is 0. The molecular formula is C23H30N2O3. The first-order valence-corrected chi connectivity index (χ1v) is 10.0. The van der Waals surface area contributed by atoms with Crippen LogP contribution in [0.4, 0.5) is 0 Å².